The van der Waals surface area contributed by atoms with Gasteiger partial charge >= 0.3 is 6.18 Å². The van der Waals surface area contributed by atoms with Crippen molar-refractivity contribution in [1.29, 1.82) is 0 Å². The van der Waals surface area contributed by atoms with Crippen molar-refractivity contribution in [1.82, 2.24) is 9.36 Å². The van der Waals surface area contributed by atoms with Crippen LogP contribution in [0.4, 0.5) is 18.3 Å². The summed E-state index contributed by atoms with van der Waals surface area (Å²) in [5.74, 6) is -1.06. The highest BCUT2D eigenvalue weighted by Crippen LogP contribution is 2.29. The third-order valence-corrected chi connectivity index (χ3v) is 3.19. The molecule has 0 spiro atoms. The van der Waals surface area contributed by atoms with Crippen molar-refractivity contribution in [3.63, 3.8) is 0 Å². The van der Waals surface area contributed by atoms with Crippen LogP contribution in [0.25, 0.3) is 0 Å². The van der Waals surface area contributed by atoms with Crippen LogP contribution >= 0.6 is 11.5 Å². The van der Waals surface area contributed by atoms with E-state index < -0.39 is 12.0 Å². The van der Waals surface area contributed by atoms with Crippen molar-refractivity contribution in [2.75, 3.05) is 5.32 Å². The van der Waals surface area contributed by atoms with Gasteiger partial charge in [0.1, 0.15) is 0 Å². The van der Waals surface area contributed by atoms with Gasteiger partial charge < -0.3 is 5.32 Å². The van der Waals surface area contributed by atoms with Gasteiger partial charge in [-0.05, 0) is 13.3 Å². The van der Waals surface area contributed by atoms with Crippen molar-refractivity contribution >= 4 is 16.7 Å². The number of alkyl halides is 3. The third kappa shape index (κ3) is 5.20. The molecule has 1 unspecified atom stereocenters. The van der Waals surface area contributed by atoms with Gasteiger partial charge in [-0.2, -0.15) is 22.5 Å². The van der Waals surface area contributed by atoms with Gasteiger partial charge in [0.25, 0.3) is 0 Å². The second-order valence-electron chi connectivity index (χ2n) is 4.32. The summed E-state index contributed by atoms with van der Waals surface area (Å²) in [4.78, 5) is 3.44. The number of hydrogen-bond acceptors (Lipinski definition) is 4. The maximum Gasteiger partial charge on any atom is 0.452 e. The number of rotatable bonds is 7. The molecule has 0 radical (unpaired) electrons. The summed E-state index contributed by atoms with van der Waals surface area (Å²) in [5, 5.41) is 3.20. The Kier molecular flexibility index (Phi) is 5.84. The molecule has 1 aromatic rings. The zero-order valence-corrected chi connectivity index (χ0v) is 11.4. The van der Waals surface area contributed by atoms with Crippen molar-refractivity contribution in [3.8, 4) is 0 Å². The first-order valence-electron chi connectivity index (χ1n) is 6.11. The van der Waals surface area contributed by atoms with Crippen LogP contribution in [0.15, 0.2) is 0 Å². The van der Waals surface area contributed by atoms with E-state index in [9.17, 15) is 13.2 Å². The molecular formula is C11H18F3N3S. The Morgan fingerprint density at radius 1 is 1.28 bits per heavy atom. The lowest BCUT2D eigenvalue weighted by Gasteiger charge is -2.11. The van der Waals surface area contributed by atoms with Gasteiger partial charge in [0.05, 0.1) is 0 Å². The third-order valence-electron chi connectivity index (χ3n) is 2.54. The van der Waals surface area contributed by atoms with Gasteiger partial charge in [-0.1, -0.05) is 32.6 Å². The first-order chi connectivity index (χ1) is 8.43. The smallest absolute Gasteiger partial charge is 0.358 e. The monoisotopic (exact) mass is 281 g/mol. The molecule has 1 heterocycles. The summed E-state index contributed by atoms with van der Waals surface area (Å²) in [7, 11) is 0. The standard InChI is InChI=1S/C11H18F3N3S/c1-3-4-5-6-7-8(2)15-10-16-9(17-18-10)11(12,13)14/h8H,3-7H2,1-2H3,(H,15,16,17). The fourth-order valence-electron chi connectivity index (χ4n) is 1.56. The highest BCUT2D eigenvalue weighted by Gasteiger charge is 2.36. The minimum Gasteiger partial charge on any atom is -0.358 e. The van der Waals surface area contributed by atoms with E-state index in [0.717, 1.165) is 30.8 Å². The van der Waals surface area contributed by atoms with Gasteiger partial charge in [0.15, 0.2) is 0 Å². The molecule has 0 aliphatic carbocycles. The Balaban J connectivity index is 2.35. The Bertz CT molecular complexity index is 352. The molecule has 0 saturated heterocycles. The number of nitrogens with zero attached hydrogens (tertiary/aromatic N) is 2. The van der Waals surface area contributed by atoms with Crippen LogP contribution in [0.1, 0.15) is 51.8 Å². The number of aromatic nitrogens is 2. The number of nitrogens with one attached hydrogen (secondary N) is 1. The Morgan fingerprint density at radius 2 is 2.00 bits per heavy atom. The van der Waals surface area contributed by atoms with Gasteiger partial charge in [0.2, 0.25) is 11.0 Å². The highest BCUT2D eigenvalue weighted by molar-refractivity contribution is 7.09. The lowest BCUT2D eigenvalue weighted by Crippen LogP contribution is -2.15. The molecule has 1 atom stereocenters. The Labute approximate surface area is 109 Å². The largest absolute Gasteiger partial charge is 0.452 e. The number of hydrogen-bond donors (Lipinski definition) is 1. The van der Waals surface area contributed by atoms with Crippen LogP contribution in [-0.2, 0) is 6.18 Å². The number of unbranched alkanes of at least 4 members (excludes halogenated alkanes) is 3. The molecule has 0 amide bonds. The molecule has 0 aliphatic rings. The first-order valence-corrected chi connectivity index (χ1v) is 6.88. The second kappa shape index (κ2) is 6.92. The molecule has 0 aliphatic heterocycles. The van der Waals surface area contributed by atoms with Crippen LogP contribution in [0.5, 0.6) is 0 Å². The topological polar surface area (TPSA) is 37.8 Å². The number of anilines is 1. The van der Waals surface area contributed by atoms with E-state index in [4.69, 9.17) is 0 Å². The van der Waals surface area contributed by atoms with E-state index in [0.29, 0.717) is 0 Å². The average molecular weight is 281 g/mol. The molecule has 0 fully saturated rings. The van der Waals surface area contributed by atoms with E-state index in [1.807, 2.05) is 6.92 Å². The lowest BCUT2D eigenvalue weighted by molar-refractivity contribution is -0.144. The highest BCUT2D eigenvalue weighted by atomic mass is 32.1. The summed E-state index contributed by atoms with van der Waals surface area (Å²) in [5.41, 5.74) is 0. The van der Waals surface area contributed by atoms with E-state index in [1.54, 1.807) is 0 Å². The molecule has 1 N–H and O–H groups in total. The quantitative estimate of drug-likeness (QED) is 0.756. The minimum absolute atomic E-state index is 0.121. The molecular weight excluding hydrogens is 263 g/mol. The van der Waals surface area contributed by atoms with Crippen LogP contribution in [0.2, 0.25) is 0 Å². The molecule has 3 nitrogen and oxygen atoms in total. The maximum atomic E-state index is 12.3. The van der Waals surface area contributed by atoms with E-state index in [2.05, 4.69) is 21.6 Å². The maximum absolute atomic E-state index is 12.3. The number of halogens is 3. The van der Waals surface area contributed by atoms with E-state index in [1.165, 1.54) is 12.8 Å². The first kappa shape index (κ1) is 15.2. The van der Waals surface area contributed by atoms with Crippen molar-refractivity contribution in [3.05, 3.63) is 5.82 Å². The zero-order chi connectivity index (χ0) is 13.6. The average Bonchev–Trinajstić information content (AvgIpc) is 2.72. The summed E-state index contributed by atoms with van der Waals surface area (Å²) >= 11 is 0.756. The van der Waals surface area contributed by atoms with Crippen molar-refractivity contribution in [2.24, 2.45) is 0 Å². The van der Waals surface area contributed by atoms with E-state index >= 15 is 0 Å². The molecule has 0 aromatic carbocycles. The van der Waals surface area contributed by atoms with Crippen LogP contribution in [0, 0.1) is 0 Å². The van der Waals surface area contributed by atoms with E-state index in [-0.39, 0.29) is 11.2 Å². The van der Waals surface area contributed by atoms with Crippen molar-refractivity contribution in [2.45, 2.75) is 58.2 Å². The molecule has 0 bridgehead atoms. The molecule has 18 heavy (non-hydrogen) atoms. The van der Waals surface area contributed by atoms with Crippen molar-refractivity contribution < 1.29 is 13.2 Å². The fraction of sp³-hybridized carbons (Fsp3) is 0.818. The van der Waals surface area contributed by atoms with Gasteiger partial charge in [-0.25, -0.2) is 0 Å². The molecule has 1 aromatic heterocycles. The summed E-state index contributed by atoms with van der Waals surface area (Å²) in [6, 6.07) is 0.121. The Morgan fingerprint density at radius 3 is 2.56 bits per heavy atom. The molecule has 7 heteroatoms. The van der Waals surface area contributed by atoms with Crippen LogP contribution in [0.3, 0.4) is 0 Å². The van der Waals surface area contributed by atoms with Crippen LogP contribution in [-0.4, -0.2) is 15.4 Å². The lowest BCUT2D eigenvalue weighted by atomic mass is 10.1. The molecule has 104 valence electrons. The summed E-state index contributed by atoms with van der Waals surface area (Å²) in [6.07, 6.45) is 1.08. The molecule has 1 rings (SSSR count). The Hall–Kier alpha value is -0.850. The summed E-state index contributed by atoms with van der Waals surface area (Å²) in [6.45, 7) is 4.09. The normalized spacial score (nSPS) is 13.6. The zero-order valence-electron chi connectivity index (χ0n) is 10.5. The fourth-order valence-corrected chi connectivity index (χ4v) is 2.26. The molecule has 0 saturated carbocycles. The predicted octanol–water partition coefficient (Wildman–Crippen LogP) is 4.33. The van der Waals surface area contributed by atoms with Gasteiger partial charge in [-0.15, -0.1) is 0 Å². The summed E-state index contributed by atoms with van der Waals surface area (Å²) < 4.78 is 40.1. The predicted molar refractivity (Wildman–Crippen MR) is 66.8 cm³/mol. The SMILES string of the molecule is CCCCCCC(C)Nc1nc(C(F)(F)F)ns1. The minimum atomic E-state index is -4.46. The van der Waals surface area contributed by atoms with Gasteiger partial charge in [0, 0.05) is 17.6 Å². The van der Waals surface area contributed by atoms with Gasteiger partial charge in [-0.3, -0.25) is 0 Å². The van der Waals surface area contributed by atoms with Crippen LogP contribution < -0.4 is 5.32 Å². The second-order valence-corrected chi connectivity index (χ2v) is 5.07.